The molecule has 0 aliphatic rings. The predicted molar refractivity (Wildman–Crippen MR) is 223 cm³/mol. The Morgan fingerprint density at radius 3 is 1.59 bits per heavy atom. The summed E-state index contributed by atoms with van der Waals surface area (Å²) >= 11 is 0. The monoisotopic (exact) mass is 783 g/mol. The quantitative estimate of drug-likeness (QED) is 0.0240. The first-order valence-electron chi connectivity index (χ1n) is 21.3. The van der Waals surface area contributed by atoms with E-state index in [0.29, 0.717) is 13.0 Å². The number of allylic oxidation sites excluding steroid dienone is 10. The molecule has 0 bridgehead atoms. The molecule has 0 aromatic carbocycles. The Morgan fingerprint density at radius 2 is 1.06 bits per heavy atom. The zero-order valence-corrected chi connectivity index (χ0v) is 35.1. The van der Waals surface area contributed by atoms with Crippen molar-refractivity contribution in [2.45, 2.75) is 180 Å². The molecule has 54 heavy (non-hydrogen) atoms. The molecule has 0 heterocycles. The van der Waals surface area contributed by atoms with Crippen molar-refractivity contribution in [2.75, 3.05) is 33.0 Å². The van der Waals surface area contributed by atoms with Gasteiger partial charge in [-0.25, -0.2) is 4.57 Å². The summed E-state index contributed by atoms with van der Waals surface area (Å²) in [5.41, 5.74) is 0. The number of phosphoric acid groups is 1. The lowest BCUT2D eigenvalue weighted by Crippen LogP contribution is -2.29. The van der Waals surface area contributed by atoms with Gasteiger partial charge in [0.15, 0.2) is 0 Å². The van der Waals surface area contributed by atoms with Crippen LogP contribution in [0.15, 0.2) is 60.8 Å². The van der Waals surface area contributed by atoms with Gasteiger partial charge in [-0.15, -0.1) is 0 Å². The number of aliphatic hydroxyl groups is 2. The number of carbonyl (C=O) groups is 1. The molecule has 0 aliphatic carbocycles. The normalized spacial score (nSPS) is 14.7. The van der Waals surface area contributed by atoms with Gasteiger partial charge in [0, 0.05) is 13.0 Å². The number of carbonyl (C=O) groups excluding carboxylic acids is 1. The van der Waals surface area contributed by atoms with E-state index in [9.17, 15) is 19.4 Å². The van der Waals surface area contributed by atoms with Gasteiger partial charge in [0.05, 0.1) is 26.4 Å². The topological polar surface area (TPSA) is 132 Å². The first-order chi connectivity index (χ1) is 26.3. The fourth-order valence-corrected chi connectivity index (χ4v) is 6.25. The molecule has 3 unspecified atom stereocenters. The highest BCUT2D eigenvalue weighted by Gasteiger charge is 2.26. The van der Waals surface area contributed by atoms with E-state index in [2.05, 4.69) is 74.6 Å². The molecular formula is C44H79O9P. The highest BCUT2D eigenvalue weighted by atomic mass is 31.2. The van der Waals surface area contributed by atoms with E-state index >= 15 is 0 Å². The van der Waals surface area contributed by atoms with Crippen molar-refractivity contribution >= 4 is 13.8 Å². The fraction of sp³-hybridized carbons (Fsp3) is 0.750. The molecule has 3 atom stereocenters. The summed E-state index contributed by atoms with van der Waals surface area (Å²) in [4.78, 5) is 22.6. The second-order valence-corrected chi connectivity index (χ2v) is 15.4. The van der Waals surface area contributed by atoms with E-state index in [0.717, 1.165) is 83.5 Å². The van der Waals surface area contributed by atoms with Crippen LogP contribution < -0.4 is 0 Å². The molecule has 0 spiro atoms. The minimum absolute atomic E-state index is 0.0356. The van der Waals surface area contributed by atoms with Crippen molar-refractivity contribution in [2.24, 2.45) is 0 Å². The van der Waals surface area contributed by atoms with Crippen LogP contribution >= 0.6 is 7.82 Å². The van der Waals surface area contributed by atoms with Gasteiger partial charge in [0.25, 0.3) is 0 Å². The van der Waals surface area contributed by atoms with Crippen LogP contribution in [0.2, 0.25) is 0 Å². The lowest BCUT2D eigenvalue weighted by molar-refractivity contribution is -0.154. The number of phosphoric ester groups is 1. The largest absolute Gasteiger partial charge is 0.472 e. The van der Waals surface area contributed by atoms with E-state index in [1.54, 1.807) is 0 Å². The summed E-state index contributed by atoms with van der Waals surface area (Å²) in [7, 11) is -4.53. The SMILES string of the molecule is CC/C=C\C/C=C\C/C=C\CCCCCCCC(=O)OC(COCCCCCCCCCC/C=C\C/C=C\CCCCC)COP(=O)(O)OCC(O)CO. The van der Waals surface area contributed by atoms with Crippen LogP contribution in [-0.4, -0.2) is 66.3 Å². The molecule has 10 heteroatoms. The van der Waals surface area contributed by atoms with Gasteiger partial charge >= 0.3 is 13.8 Å². The van der Waals surface area contributed by atoms with Crippen molar-refractivity contribution in [3.05, 3.63) is 60.8 Å². The second-order valence-electron chi connectivity index (χ2n) is 14.0. The summed E-state index contributed by atoms with van der Waals surface area (Å²) in [6.07, 6.45) is 46.0. The predicted octanol–water partition coefficient (Wildman–Crippen LogP) is 11.6. The van der Waals surface area contributed by atoms with E-state index in [4.69, 9.17) is 23.6 Å². The van der Waals surface area contributed by atoms with Gasteiger partial charge in [-0.3, -0.25) is 13.8 Å². The van der Waals surface area contributed by atoms with Crippen molar-refractivity contribution in [3.8, 4) is 0 Å². The Hall–Kier alpha value is -1.84. The number of hydrogen-bond donors (Lipinski definition) is 3. The molecule has 9 nitrogen and oxygen atoms in total. The Labute approximate surface area is 330 Å². The molecule has 0 fully saturated rings. The average Bonchev–Trinajstić information content (AvgIpc) is 3.16. The number of ether oxygens (including phenoxy) is 2. The third-order valence-electron chi connectivity index (χ3n) is 8.69. The minimum atomic E-state index is -4.53. The molecule has 0 rings (SSSR count). The van der Waals surface area contributed by atoms with Crippen LogP contribution in [0.1, 0.15) is 168 Å². The Bertz CT molecular complexity index is 1020. The van der Waals surface area contributed by atoms with Gasteiger partial charge in [-0.2, -0.15) is 0 Å². The minimum Gasteiger partial charge on any atom is -0.457 e. The maximum Gasteiger partial charge on any atom is 0.472 e. The number of hydrogen-bond acceptors (Lipinski definition) is 8. The number of esters is 1. The smallest absolute Gasteiger partial charge is 0.457 e. The first-order valence-corrected chi connectivity index (χ1v) is 22.8. The van der Waals surface area contributed by atoms with Gasteiger partial charge in [-0.1, -0.05) is 145 Å². The van der Waals surface area contributed by atoms with Crippen molar-refractivity contribution < 1.29 is 43.0 Å². The summed E-state index contributed by atoms with van der Waals surface area (Å²) < 4.78 is 33.3. The standard InChI is InChI=1S/C44H79O9P/c1-3-5-7-9-11-13-15-17-19-20-21-23-25-27-29-31-33-35-37-50-40-43(41-52-54(48,49)51-39-42(46)38-45)53-44(47)36-34-32-30-28-26-24-22-18-16-14-12-10-8-6-4-2/h6,8,11-14,17-19,22,42-43,45-46H,3-5,7,9-10,15-16,20-21,23-41H2,1-2H3,(H,48,49)/b8-6-,13-11-,14-12-,19-17-,22-18-. The van der Waals surface area contributed by atoms with Crippen molar-refractivity contribution in [3.63, 3.8) is 0 Å². The van der Waals surface area contributed by atoms with Crippen molar-refractivity contribution in [1.29, 1.82) is 0 Å². The maximum atomic E-state index is 12.6. The summed E-state index contributed by atoms with van der Waals surface area (Å²) in [5, 5.41) is 18.3. The van der Waals surface area contributed by atoms with Crippen LogP contribution in [0, 0.1) is 0 Å². The van der Waals surface area contributed by atoms with E-state index in [1.807, 2.05) is 0 Å². The van der Waals surface area contributed by atoms with Gasteiger partial charge in [-0.05, 0) is 77.0 Å². The van der Waals surface area contributed by atoms with E-state index < -0.39 is 39.2 Å². The zero-order chi connectivity index (χ0) is 39.6. The zero-order valence-electron chi connectivity index (χ0n) is 34.2. The highest BCUT2D eigenvalue weighted by molar-refractivity contribution is 7.47. The molecule has 314 valence electrons. The first kappa shape index (κ1) is 52.2. The van der Waals surface area contributed by atoms with Crippen molar-refractivity contribution in [1.82, 2.24) is 0 Å². The molecule has 0 amide bonds. The molecule has 3 N–H and O–H groups in total. The third kappa shape index (κ3) is 39.8. The van der Waals surface area contributed by atoms with Crippen LogP contribution in [0.25, 0.3) is 0 Å². The highest BCUT2D eigenvalue weighted by Crippen LogP contribution is 2.43. The molecule has 0 radical (unpaired) electrons. The Morgan fingerprint density at radius 1 is 0.593 bits per heavy atom. The van der Waals surface area contributed by atoms with Gasteiger partial charge in [0.1, 0.15) is 12.2 Å². The maximum absolute atomic E-state index is 12.6. The molecule has 0 saturated heterocycles. The third-order valence-corrected chi connectivity index (χ3v) is 9.64. The van der Waals surface area contributed by atoms with E-state index in [-0.39, 0.29) is 19.6 Å². The Balaban J connectivity index is 4.22. The van der Waals surface area contributed by atoms with Gasteiger partial charge in [0.2, 0.25) is 0 Å². The van der Waals surface area contributed by atoms with E-state index in [1.165, 1.54) is 57.8 Å². The molecule has 0 aromatic rings. The molecule has 0 saturated carbocycles. The van der Waals surface area contributed by atoms with Crippen LogP contribution in [0.5, 0.6) is 0 Å². The Kier molecular flexibility index (Phi) is 39.4. The number of rotatable bonds is 40. The van der Waals surface area contributed by atoms with Crippen LogP contribution in [0.4, 0.5) is 0 Å². The summed E-state index contributed by atoms with van der Waals surface area (Å²) in [6.45, 7) is 3.33. The summed E-state index contributed by atoms with van der Waals surface area (Å²) in [5.74, 6) is -0.404. The molecule has 0 aromatic heterocycles. The lowest BCUT2D eigenvalue weighted by atomic mass is 10.1. The van der Waals surface area contributed by atoms with Gasteiger partial charge < -0.3 is 24.6 Å². The molecule has 0 aliphatic heterocycles. The fourth-order valence-electron chi connectivity index (χ4n) is 5.46. The summed E-state index contributed by atoms with van der Waals surface area (Å²) in [6, 6.07) is 0. The van der Waals surface area contributed by atoms with Crippen LogP contribution in [0.3, 0.4) is 0 Å². The second kappa shape index (κ2) is 40.8. The average molecular weight is 783 g/mol. The molecular weight excluding hydrogens is 703 g/mol. The lowest BCUT2D eigenvalue weighted by Gasteiger charge is -2.20. The number of unbranched alkanes of at least 4 members (excludes halogenated alkanes) is 16. The van der Waals surface area contributed by atoms with Crippen LogP contribution in [-0.2, 0) is 27.9 Å². The number of aliphatic hydroxyl groups excluding tert-OH is 2.